The van der Waals surface area contributed by atoms with Crippen LogP contribution in [0.25, 0.3) is 0 Å². The lowest BCUT2D eigenvalue weighted by Crippen LogP contribution is -2.32. The number of benzene rings is 3. The molecule has 5 heteroatoms. The summed E-state index contributed by atoms with van der Waals surface area (Å²) in [4.78, 5) is 35.0. The lowest BCUT2D eigenvalue weighted by Gasteiger charge is -2.24. The van der Waals surface area contributed by atoms with Crippen LogP contribution >= 0.6 is 0 Å². The first-order valence-electron chi connectivity index (χ1n) is 12.5. The zero-order valence-corrected chi connectivity index (χ0v) is 21.7. The van der Waals surface area contributed by atoms with Crippen LogP contribution in [-0.4, -0.2) is 24.6 Å². The predicted octanol–water partition coefficient (Wildman–Crippen LogP) is 6.98. The molecule has 0 saturated heterocycles. The van der Waals surface area contributed by atoms with Crippen molar-refractivity contribution in [1.29, 1.82) is 0 Å². The van der Waals surface area contributed by atoms with Gasteiger partial charge in [0.15, 0.2) is 0 Å². The van der Waals surface area contributed by atoms with Gasteiger partial charge in [-0.2, -0.15) is 0 Å². The van der Waals surface area contributed by atoms with Gasteiger partial charge in [-0.1, -0.05) is 61.5 Å². The van der Waals surface area contributed by atoms with E-state index >= 15 is 0 Å². The Morgan fingerprint density at radius 3 is 2.16 bits per heavy atom. The molecule has 0 aliphatic heterocycles. The van der Waals surface area contributed by atoms with Crippen molar-refractivity contribution in [3.63, 3.8) is 0 Å². The number of carbonyl (C=O) groups is 2. The minimum absolute atomic E-state index is 0.0594. The molecule has 0 N–H and O–H groups in total. The lowest BCUT2D eigenvalue weighted by atomic mass is 10.0. The Balaban J connectivity index is 1.96. The maximum absolute atomic E-state index is 13.8. The van der Waals surface area contributed by atoms with E-state index in [-0.39, 0.29) is 18.2 Å². The molecule has 0 atom stereocenters. The molecule has 188 valence electrons. The van der Waals surface area contributed by atoms with E-state index < -0.39 is 0 Å². The highest BCUT2D eigenvalue weighted by molar-refractivity contribution is 6.09. The third-order valence-corrected chi connectivity index (χ3v) is 5.57. The normalized spacial score (nSPS) is 10.8. The first kappa shape index (κ1) is 27.1. The minimum atomic E-state index is -0.221. The van der Waals surface area contributed by atoms with Crippen LogP contribution in [0.3, 0.4) is 0 Å². The number of aliphatic imine (C=N–C) groups is 1. The zero-order valence-electron chi connectivity index (χ0n) is 21.7. The fraction of sp³-hybridized carbons (Fsp3) is 0.188. The van der Waals surface area contributed by atoms with Gasteiger partial charge in [-0.15, -0.1) is 5.73 Å². The molecule has 3 aromatic rings. The molecule has 5 nitrogen and oxygen atoms in total. The molecule has 0 saturated carbocycles. The van der Waals surface area contributed by atoms with Crippen molar-refractivity contribution in [2.75, 3.05) is 16.3 Å². The SMILES string of the molecule is CC=C=C(C)N(C(=O)Cc1ccccc1C(=O)N(/C=C/C=NCCC)c1ccccc1)c1ccccc1. The van der Waals surface area contributed by atoms with Gasteiger partial charge in [0, 0.05) is 35.9 Å². The van der Waals surface area contributed by atoms with E-state index in [1.165, 1.54) is 0 Å². The molecule has 3 rings (SSSR count). The van der Waals surface area contributed by atoms with Gasteiger partial charge in [-0.05, 0) is 68.3 Å². The molecule has 2 amide bonds. The number of para-hydroxylation sites is 2. The molecule has 0 radical (unpaired) electrons. The van der Waals surface area contributed by atoms with Gasteiger partial charge in [0.1, 0.15) is 0 Å². The smallest absolute Gasteiger partial charge is 0.262 e. The second-order valence-corrected chi connectivity index (χ2v) is 8.32. The van der Waals surface area contributed by atoms with Crippen molar-refractivity contribution in [3.05, 3.63) is 126 Å². The Hall–Kier alpha value is -4.47. The maximum atomic E-state index is 13.8. The van der Waals surface area contributed by atoms with Crippen LogP contribution in [0.1, 0.15) is 43.1 Å². The zero-order chi connectivity index (χ0) is 26.5. The first-order valence-corrected chi connectivity index (χ1v) is 12.5. The quantitative estimate of drug-likeness (QED) is 0.227. The van der Waals surface area contributed by atoms with Gasteiger partial charge < -0.3 is 0 Å². The number of hydrogen-bond donors (Lipinski definition) is 0. The van der Waals surface area contributed by atoms with Gasteiger partial charge >= 0.3 is 0 Å². The summed E-state index contributed by atoms with van der Waals surface area (Å²) >= 11 is 0. The molecule has 0 bridgehead atoms. The largest absolute Gasteiger partial charge is 0.293 e. The Kier molecular flexibility index (Phi) is 10.4. The molecule has 0 fully saturated rings. The number of allylic oxidation sites excluding steroid dienone is 2. The third-order valence-electron chi connectivity index (χ3n) is 5.57. The Morgan fingerprint density at radius 1 is 0.892 bits per heavy atom. The van der Waals surface area contributed by atoms with Crippen LogP contribution in [0.4, 0.5) is 11.4 Å². The van der Waals surface area contributed by atoms with Crippen molar-refractivity contribution in [1.82, 2.24) is 0 Å². The van der Waals surface area contributed by atoms with Crippen LogP contribution < -0.4 is 9.80 Å². The summed E-state index contributed by atoms with van der Waals surface area (Å²) in [6.07, 6.45) is 7.97. The topological polar surface area (TPSA) is 53.0 Å². The standard InChI is InChI=1S/C32H33N3O2/c1-4-15-26(3)35(29-19-10-7-11-20-29)31(36)25-27-16-12-13-21-30(27)32(37)34(24-14-23-33-22-5-2)28-17-8-6-9-18-28/h4,6-14,16-21,23-24H,5,22,25H2,1-3H3/b24-14+,33-23?. The van der Waals surface area contributed by atoms with Crippen LogP contribution in [0.2, 0.25) is 0 Å². The molecular weight excluding hydrogens is 458 g/mol. The molecule has 3 aromatic carbocycles. The average Bonchev–Trinajstić information content (AvgIpc) is 2.92. The van der Waals surface area contributed by atoms with Crippen LogP contribution in [-0.2, 0) is 11.2 Å². The van der Waals surface area contributed by atoms with Crippen LogP contribution in [0.15, 0.2) is 120 Å². The summed E-state index contributed by atoms with van der Waals surface area (Å²) in [5, 5.41) is 0. The number of nitrogens with zero attached hydrogens (tertiary/aromatic N) is 3. The average molecular weight is 492 g/mol. The molecule has 0 aliphatic rings. The first-order chi connectivity index (χ1) is 18.1. The van der Waals surface area contributed by atoms with Gasteiger partial charge in [0.25, 0.3) is 5.91 Å². The molecule has 0 aliphatic carbocycles. The number of anilines is 2. The second-order valence-electron chi connectivity index (χ2n) is 8.32. The highest BCUT2D eigenvalue weighted by Gasteiger charge is 2.23. The van der Waals surface area contributed by atoms with E-state index in [0.29, 0.717) is 16.8 Å². The van der Waals surface area contributed by atoms with Gasteiger partial charge in [-0.3, -0.25) is 24.4 Å². The Labute approximate surface area is 219 Å². The summed E-state index contributed by atoms with van der Waals surface area (Å²) in [5.74, 6) is -0.367. The number of amides is 2. The summed E-state index contributed by atoms with van der Waals surface area (Å²) in [5.41, 5.74) is 6.41. The second kappa shape index (κ2) is 14.2. The molecular formula is C32H33N3O2. The van der Waals surface area contributed by atoms with Crippen molar-refractivity contribution in [3.8, 4) is 0 Å². The van der Waals surface area contributed by atoms with Crippen molar-refractivity contribution in [2.45, 2.75) is 33.6 Å². The highest BCUT2D eigenvalue weighted by atomic mass is 16.2. The number of hydrogen-bond acceptors (Lipinski definition) is 3. The van der Waals surface area contributed by atoms with E-state index in [1.807, 2.05) is 92.7 Å². The molecule has 0 aromatic heterocycles. The fourth-order valence-electron chi connectivity index (χ4n) is 3.88. The van der Waals surface area contributed by atoms with Crippen molar-refractivity contribution < 1.29 is 9.59 Å². The van der Waals surface area contributed by atoms with E-state index in [9.17, 15) is 9.59 Å². The third kappa shape index (κ3) is 7.50. The van der Waals surface area contributed by atoms with Crippen molar-refractivity contribution in [2.24, 2.45) is 4.99 Å². The molecule has 0 unspecified atom stereocenters. The predicted molar refractivity (Wildman–Crippen MR) is 153 cm³/mol. The number of carbonyl (C=O) groups excluding carboxylic acids is 2. The van der Waals surface area contributed by atoms with Gasteiger partial charge in [0.2, 0.25) is 5.91 Å². The van der Waals surface area contributed by atoms with E-state index in [2.05, 4.69) is 17.6 Å². The summed E-state index contributed by atoms with van der Waals surface area (Å²) in [6, 6.07) is 26.2. The van der Waals surface area contributed by atoms with E-state index in [0.717, 1.165) is 24.3 Å². The van der Waals surface area contributed by atoms with Crippen LogP contribution in [0, 0.1) is 0 Å². The van der Waals surface area contributed by atoms with E-state index in [1.54, 1.807) is 40.4 Å². The minimum Gasteiger partial charge on any atom is -0.293 e. The summed E-state index contributed by atoms with van der Waals surface area (Å²) in [7, 11) is 0. The molecule has 0 heterocycles. The number of rotatable bonds is 10. The monoisotopic (exact) mass is 491 g/mol. The lowest BCUT2D eigenvalue weighted by molar-refractivity contribution is -0.117. The van der Waals surface area contributed by atoms with Gasteiger partial charge in [-0.25, -0.2) is 0 Å². The van der Waals surface area contributed by atoms with Crippen molar-refractivity contribution >= 4 is 29.4 Å². The fourth-order valence-corrected chi connectivity index (χ4v) is 3.88. The molecule has 0 spiro atoms. The van der Waals surface area contributed by atoms with Gasteiger partial charge in [0.05, 0.1) is 12.1 Å². The Bertz CT molecular complexity index is 1300. The maximum Gasteiger partial charge on any atom is 0.262 e. The van der Waals surface area contributed by atoms with Crippen LogP contribution in [0.5, 0.6) is 0 Å². The van der Waals surface area contributed by atoms with E-state index in [4.69, 9.17) is 0 Å². The summed E-state index contributed by atoms with van der Waals surface area (Å²) in [6.45, 7) is 6.51. The Morgan fingerprint density at radius 2 is 1.51 bits per heavy atom. The molecule has 37 heavy (non-hydrogen) atoms. The summed E-state index contributed by atoms with van der Waals surface area (Å²) < 4.78 is 0. The highest BCUT2D eigenvalue weighted by Crippen LogP contribution is 2.23.